The van der Waals surface area contributed by atoms with Crippen LogP contribution >= 0.6 is 0 Å². The third-order valence-electron chi connectivity index (χ3n) is 7.77. The standard InChI is InChI=1S/C28H31F3N6O3/c1-16(24-14-32-8-9-33-24)34-27(38)19-15-37(18-5-3-2-4-6-18)10-7-22(19)35-28(39)23-13-25(40-36-23)26-20(30)11-17(29)12-21(26)31/h8-9,11-14,16,18-19,22H,2-7,10,15H2,1H3,(H,34,38)(H,35,39)/t16-,19-,22-/m1/s1. The van der Waals surface area contributed by atoms with Crippen molar-refractivity contribution in [3.63, 3.8) is 0 Å². The van der Waals surface area contributed by atoms with Crippen molar-refractivity contribution in [2.75, 3.05) is 13.1 Å². The van der Waals surface area contributed by atoms with E-state index in [1.54, 1.807) is 18.6 Å². The minimum absolute atomic E-state index is 0.208. The molecule has 3 heterocycles. The third kappa shape index (κ3) is 6.16. The number of piperidine rings is 1. The van der Waals surface area contributed by atoms with Crippen LogP contribution in [0.1, 0.15) is 67.7 Å². The van der Waals surface area contributed by atoms with Crippen LogP contribution in [0.4, 0.5) is 13.2 Å². The maximum Gasteiger partial charge on any atom is 0.273 e. The first-order valence-electron chi connectivity index (χ1n) is 13.5. The number of rotatable bonds is 7. The molecule has 2 N–H and O–H groups in total. The van der Waals surface area contributed by atoms with E-state index in [0.717, 1.165) is 38.3 Å². The molecule has 212 valence electrons. The first kappa shape index (κ1) is 27.8. The fraction of sp³-hybridized carbons (Fsp3) is 0.464. The molecule has 1 aliphatic heterocycles. The number of nitrogens with one attached hydrogen (secondary N) is 2. The van der Waals surface area contributed by atoms with Gasteiger partial charge in [-0.15, -0.1) is 0 Å². The van der Waals surface area contributed by atoms with Gasteiger partial charge in [0, 0.05) is 55.8 Å². The molecule has 2 aliphatic rings. The van der Waals surface area contributed by atoms with E-state index in [-0.39, 0.29) is 23.4 Å². The predicted molar refractivity (Wildman–Crippen MR) is 138 cm³/mol. The molecule has 2 amide bonds. The second-order valence-corrected chi connectivity index (χ2v) is 10.4. The highest BCUT2D eigenvalue weighted by Gasteiger charge is 2.38. The Morgan fingerprint density at radius 3 is 2.50 bits per heavy atom. The number of halogens is 3. The highest BCUT2D eigenvalue weighted by atomic mass is 19.1. The molecule has 3 atom stereocenters. The van der Waals surface area contributed by atoms with Crippen molar-refractivity contribution >= 4 is 11.8 Å². The lowest BCUT2D eigenvalue weighted by Gasteiger charge is -2.43. The van der Waals surface area contributed by atoms with E-state index in [1.807, 2.05) is 6.92 Å². The SMILES string of the molecule is C[C@@H](NC(=O)[C@@H]1CN(C2CCCCC2)CC[C@H]1NC(=O)c1cc(-c2c(F)cc(F)cc2F)on1)c1cnccn1. The number of likely N-dealkylation sites (tertiary alicyclic amines) is 1. The van der Waals surface area contributed by atoms with Crippen molar-refractivity contribution < 1.29 is 27.3 Å². The average Bonchev–Trinajstić information content (AvgIpc) is 3.43. The van der Waals surface area contributed by atoms with Crippen molar-refractivity contribution in [2.45, 2.75) is 63.6 Å². The molecular weight excluding hydrogens is 525 g/mol. The van der Waals surface area contributed by atoms with Crippen molar-refractivity contribution in [1.29, 1.82) is 0 Å². The van der Waals surface area contributed by atoms with E-state index < -0.39 is 40.9 Å². The van der Waals surface area contributed by atoms with Gasteiger partial charge in [-0.25, -0.2) is 13.2 Å². The summed E-state index contributed by atoms with van der Waals surface area (Å²) in [5.74, 6) is -5.20. The Kier molecular flexibility index (Phi) is 8.43. The third-order valence-corrected chi connectivity index (χ3v) is 7.77. The van der Waals surface area contributed by atoms with Crippen LogP contribution < -0.4 is 10.6 Å². The molecule has 0 bridgehead atoms. The molecule has 5 rings (SSSR count). The first-order chi connectivity index (χ1) is 19.3. The lowest BCUT2D eigenvalue weighted by Crippen LogP contribution is -2.58. The molecule has 12 heteroatoms. The lowest BCUT2D eigenvalue weighted by molar-refractivity contribution is -0.128. The normalized spacial score (nSPS) is 21.1. The summed E-state index contributed by atoms with van der Waals surface area (Å²) in [6.07, 6.45) is 10.9. The minimum Gasteiger partial charge on any atom is -0.355 e. The summed E-state index contributed by atoms with van der Waals surface area (Å²) in [6.45, 7) is 3.02. The van der Waals surface area contributed by atoms with Gasteiger partial charge in [0.15, 0.2) is 11.5 Å². The number of benzene rings is 1. The smallest absolute Gasteiger partial charge is 0.273 e. The topological polar surface area (TPSA) is 113 Å². The molecule has 9 nitrogen and oxygen atoms in total. The van der Waals surface area contributed by atoms with Gasteiger partial charge in [0.25, 0.3) is 5.91 Å². The molecule has 2 fully saturated rings. The summed E-state index contributed by atoms with van der Waals surface area (Å²) in [5, 5.41) is 9.56. The van der Waals surface area contributed by atoms with Gasteiger partial charge >= 0.3 is 0 Å². The lowest BCUT2D eigenvalue weighted by atomic mass is 9.86. The van der Waals surface area contributed by atoms with Gasteiger partial charge in [-0.3, -0.25) is 24.5 Å². The van der Waals surface area contributed by atoms with Crippen LogP contribution in [-0.4, -0.2) is 57.0 Å². The molecule has 1 aliphatic carbocycles. The van der Waals surface area contributed by atoms with Crippen LogP contribution in [-0.2, 0) is 4.79 Å². The number of hydrogen-bond acceptors (Lipinski definition) is 7. The highest BCUT2D eigenvalue weighted by Crippen LogP contribution is 2.30. The van der Waals surface area contributed by atoms with Gasteiger partial charge in [0.1, 0.15) is 17.5 Å². The second kappa shape index (κ2) is 12.2. The Hall–Kier alpha value is -3.80. The summed E-state index contributed by atoms with van der Waals surface area (Å²) in [4.78, 5) is 37.3. The fourth-order valence-corrected chi connectivity index (χ4v) is 5.64. The number of carbonyl (C=O) groups excluding carboxylic acids is 2. The predicted octanol–water partition coefficient (Wildman–Crippen LogP) is 4.18. The monoisotopic (exact) mass is 556 g/mol. The maximum atomic E-state index is 14.2. The van der Waals surface area contributed by atoms with Gasteiger partial charge in [-0.1, -0.05) is 24.4 Å². The van der Waals surface area contributed by atoms with Gasteiger partial charge in [0.05, 0.1) is 29.4 Å². The van der Waals surface area contributed by atoms with E-state index in [1.165, 1.54) is 6.42 Å². The Morgan fingerprint density at radius 2 is 1.80 bits per heavy atom. The summed E-state index contributed by atoms with van der Waals surface area (Å²) in [7, 11) is 0. The van der Waals surface area contributed by atoms with E-state index in [4.69, 9.17) is 4.52 Å². The van der Waals surface area contributed by atoms with Crippen LogP contribution in [0.2, 0.25) is 0 Å². The molecule has 40 heavy (non-hydrogen) atoms. The Bertz CT molecular complexity index is 1330. The van der Waals surface area contributed by atoms with Gasteiger partial charge in [-0.05, 0) is 26.2 Å². The molecule has 3 aromatic rings. The zero-order valence-corrected chi connectivity index (χ0v) is 22.1. The van der Waals surface area contributed by atoms with Crippen LogP contribution in [0.5, 0.6) is 0 Å². The Labute approximate surface area is 229 Å². The molecule has 0 radical (unpaired) electrons. The van der Waals surface area contributed by atoms with E-state index in [9.17, 15) is 22.8 Å². The molecule has 0 spiro atoms. The van der Waals surface area contributed by atoms with Gasteiger partial charge < -0.3 is 15.2 Å². The fourth-order valence-electron chi connectivity index (χ4n) is 5.64. The first-order valence-corrected chi connectivity index (χ1v) is 13.5. The number of nitrogens with zero attached hydrogens (tertiary/aromatic N) is 4. The average molecular weight is 557 g/mol. The van der Waals surface area contributed by atoms with E-state index >= 15 is 0 Å². The van der Waals surface area contributed by atoms with Crippen LogP contribution in [0, 0.1) is 23.4 Å². The highest BCUT2D eigenvalue weighted by molar-refractivity contribution is 5.94. The van der Waals surface area contributed by atoms with E-state index in [2.05, 4.69) is 30.7 Å². The summed E-state index contributed by atoms with van der Waals surface area (Å²) < 4.78 is 46.8. The van der Waals surface area contributed by atoms with Crippen molar-refractivity contribution in [3.05, 3.63) is 65.6 Å². The molecule has 0 unspecified atom stereocenters. The largest absolute Gasteiger partial charge is 0.355 e. The summed E-state index contributed by atoms with van der Waals surface area (Å²) in [6, 6.07) is 1.63. The number of carbonyl (C=O) groups is 2. The quantitative estimate of drug-likeness (QED) is 0.449. The molecule has 2 aromatic heterocycles. The molecule has 1 aromatic carbocycles. The second-order valence-electron chi connectivity index (χ2n) is 10.4. The number of hydrogen-bond donors (Lipinski definition) is 2. The van der Waals surface area contributed by atoms with Crippen molar-refractivity contribution in [1.82, 2.24) is 30.7 Å². The maximum absolute atomic E-state index is 14.2. The summed E-state index contributed by atoms with van der Waals surface area (Å²) >= 11 is 0. The molecular formula is C28H31F3N6O3. The Balaban J connectivity index is 1.32. The summed E-state index contributed by atoms with van der Waals surface area (Å²) in [5.41, 5.74) is -0.212. The van der Waals surface area contributed by atoms with Crippen molar-refractivity contribution in [2.24, 2.45) is 5.92 Å². The zero-order valence-electron chi connectivity index (χ0n) is 22.1. The molecule has 1 saturated heterocycles. The minimum atomic E-state index is -1.18. The Morgan fingerprint density at radius 1 is 1.05 bits per heavy atom. The van der Waals surface area contributed by atoms with Crippen molar-refractivity contribution in [3.8, 4) is 11.3 Å². The van der Waals surface area contributed by atoms with E-state index in [0.29, 0.717) is 36.8 Å². The number of amides is 2. The van der Waals surface area contributed by atoms with Gasteiger partial charge in [-0.2, -0.15) is 0 Å². The van der Waals surface area contributed by atoms with Gasteiger partial charge in [0.2, 0.25) is 5.91 Å². The van der Waals surface area contributed by atoms with Crippen LogP contribution in [0.3, 0.4) is 0 Å². The molecule has 1 saturated carbocycles. The zero-order chi connectivity index (χ0) is 28.2. The number of aromatic nitrogens is 3. The van der Waals surface area contributed by atoms with Crippen LogP contribution in [0.15, 0.2) is 41.3 Å². The van der Waals surface area contributed by atoms with Crippen LogP contribution in [0.25, 0.3) is 11.3 Å².